The Morgan fingerprint density at radius 2 is 1.76 bits per heavy atom. The van der Waals surface area contributed by atoms with Gasteiger partial charge in [0, 0.05) is 25.1 Å². The zero-order valence-corrected chi connectivity index (χ0v) is 12.5. The second-order valence-corrected chi connectivity index (χ2v) is 5.46. The highest BCUT2D eigenvalue weighted by Gasteiger charge is 2.27. The van der Waals surface area contributed by atoms with E-state index in [0.29, 0.717) is 5.92 Å². The molecule has 0 spiro atoms. The van der Waals surface area contributed by atoms with E-state index in [9.17, 15) is 0 Å². The highest BCUT2D eigenvalue weighted by molar-refractivity contribution is 5.48. The molecule has 0 bridgehead atoms. The number of rotatable bonds is 7. The van der Waals surface area contributed by atoms with E-state index in [1.807, 2.05) is 12.1 Å². The summed E-state index contributed by atoms with van der Waals surface area (Å²) in [5.41, 5.74) is 1.34. The van der Waals surface area contributed by atoms with Crippen molar-refractivity contribution in [2.75, 3.05) is 23.7 Å². The third-order valence-corrected chi connectivity index (χ3v) is 3.61. The first-order chi connectivity index (χ1) is 10.3. The molecule has 4 heteroatoms. The highest BCUT2D eigenvalue weighted by atomic mass is 15.1. The zero-order valence-electron chi connectivity index (χ0n) is 12.5. The highest BCUT2D eigenvalue weighted by Crippen LogP contribution is 2.38. The molecule has 0 atom stereocenters. The van der Waals surface area contributed by atoms with Crippen molar-refractivity contribution in [1.82, 2.24) is 9.97 Å². The molecule has 0 aliphatic heterocycles. The minimum atomic E-state index is 0.568. The van der Waals surface area contributed by atoms with Crippen LogP contribution in [-0.4, -0.2) is 23.1 Å². The Bertz CT molecular complexity index is 579. The number of aromatic nitrogens is 2. The zero-order chi connectivity index (χ0) is 14.5. The summed E-state index contributed by atoms with van der Waals surface area (Å²) in [6.45, 7) is 3.85. The van der Waals surface area contributed by atoms with E-state index in [-0.39, 0.29) is 0 Å². The van der Waals surface area contributed by atoms with Crippen LogP contribution in [0, 0.1) is 0 Å². The van der Waals surface area contributed by atoms with Crippen LogP contribution in [0.25, 0.3) is 0 Å². The van der Waals surface area contributed by atoms with Gasteiger partial charge in [-0.1, -0.05) is 30.3 Å². The van der Waals surface area contributed by atoms with Crippen molar-refractivity contribution in [2.45, 2.75) is 32.1 Å². The maximum atomic E-state index is 4.65. The fourth-order valence-electron chi connectivity index (χ4n) is 2.33. The monoisotopic (exact) mass is 282 g/mol. The van der Waals surface area contributed by atoms with Crippen LogP contribution in [-0.2, 0) is 6.42 Å². The second kappa shape index (κ2) is 6.57. The Hall–Kier alpha value is -2.10. The number of hydrogen-bond acceptors (Lipinski definition) is 4. The van der Waals surface area contributed by atoms with Crippen LogP contribution in [0.5, 0.6) is 0 Å². The van der Waals surface area contributed by atoms with Crippen LogP contribution in [0.2, 0.25) is 0 Å². The van der Waals surface area contributed by atoms with Crippen LogP contribution < -0.4 is 10.6 Å². The normalized spacial score (nSPS) is 14.0. The molecule has 0 unspecified atom stereocenters. The van der Waals surface area contributed by atoms with Gasteiger partial charge in [-0.2, -0.15) is 0 Å². The van der Waals surface area contributed by atoms with Crippen LogP contribution in [0.3, 0.4) is 0 Å². The predicted molar refractivity (Wildman–Crippen MR) is 86.8 cm³/mol. The van der Waals surface area contributed by atoms with Gasteiger partial charge in [-0.05, 0) is 31.7 Å². The van der Waals surface area contributed by atoms with Crippen molar-refractivity contribution in [3.05, 3.63) is 47.8 Å². The molecular formula is C17H22N4. The lowest BCUT2D eigenvalue weighted by Crippen LogP contribution is -2.10. The first-order valence-electron chi connectivity index (χ1n) is 7.76. The van der Waals surface area contributed by atoms with Crippen molar-refractivity contribution in [3.63, 3.8) is 0 Å². The molecule has 4 nitrogen and oxygen atoms in total. The molecule has 110 valence electrons. The Morgan fingerprint density at radius 3 is 2.43 bits per heavy atom. The van der Waals surface area contributed by atoms with Gasteiger partial charge in [-0.25, -0.2) is 9.97 Å². The first-order valence-corrected chi connectivity index (χ1v) is 7.76. The van der Waals surface area contributed by atoms with Gasteiger partial charge in [0.15, 0.2) is 0 Å². The van der Waals surface area contributed by atoms with Gasteiger partial charge in [-0.3, -0.25) is 0 Å². The third-order valence-electron chi connectivity index (χ3n) is 3.61. The lowest BCUT2D eigenvalue weighted by Gasteiger charge is -2.10. The van der Waals surface area contributed by atoms with Crippen LogP contribution in [0.15, 0.2) is 36.4 Å². The molecule has 0 saturated heterocycles. The van der Waals surface area contributed by atoms with Crippen LogP contribution in [0.4, 0.5) is 11.6 Å². The molecule has 0 radical (unpaired) electrons. The van der Waals surface area contributed by atoms with Gasteiger partial charge in [0.25, 0.3) is 0 Å². The molecule has 1 aromatic carbocycles. The van der Waals surface area contributed by atoms with E-state index in [1.165, 1.54) is 18.4 Å². The molecule has 1 saturated carbocycles. The Labute approximate surface area is 126 Å². The molecule has 1 aliphatic rings. The van der Waals surface area contributed by atoms with Crippen molar-refractivity contribution in [1.29, 1.82) is 0 Å². The Morgan fingerprint density at radius 1 is 1.05 bits per heavy atom. The summed E-state index contributed by atoms with van der Waals surface area (Å²) < 4.78 is 0. The molecule has 2 N–H and O–H groups in total. The minimum absolute atomic E-state index is 0.568. The van der Waals surface area contributed by atoms with Crippen molar-refractivity contribution < 1.29 is 0 Å². The van der Waals surface area contributed by atoms with Gasteiger partial charge in [0.1, 0.15) is 17.5 Å². The molecular weight excluding hydrogens is 260 g/mol. The number of hydrogen-bond donors (Lipinski definition) is 2. The number of nitrogens with zero attached hydrogens (tertiary/aromatic N) is 2. The number of nitrogens with one attached hydrogen (secondary N) is 2. The number of anilines is 2. The van der Waals surface area contributed by atoms with E-state index in [1.54, 1.807) is 0 Å². The largest absolute Gasteiger partial charge is 0.370 e. The average Bonchev–Trinajstić information content (AvgIpc) is 3.33. The SMILES string of the molecule is CCNc1cc(NCCc2ccccc2)nc(C2CC2)n1. The predicted octanol–water partition coefficient (Wildman–Crippen LogP) is 3.44. The molecule has 1 aliphatic carbocycles. The molecule has 1 fully saturated rings. The third kappa shape index (κ3) is 3.94. The molecule has 2 aromatic rings. The lowest BCUT2D eigenvalue weighted by molar-refractivity contribution is 0.913. The molecule has 21 heavy (non-hydrogen) atoms. The van der Waals surface area contributed by atoms with E-state index in [2.05, 4.69) is 51.8 Å². The summed E-state index contributed by atoms with van der Waals surface area (Å²) in [5, 5.41) is 6.71. The molecule has 1 heterocycles. The quantitative estimate of drug-likeness (QED) is 0.816. The minimum Gasteiger partial charge on any atom is -0.370 e. The topological polar surface area (TPSA) is 49.8 Å². The molecule has 3 rings (SSSR count). The van der Waals surface area contributed by atoms with Crippen molar-refractivity contribution >= 4 is 11.6 Å². The summed E-state index contributed by atoms with van der Waals surface area (Å²) in [5.74, 6) is 3.41. The van der Waals surface area contributed by atoms with Gasteiger partial charge in [0.2, 0.25) is 0 Å². The van der Waals surface area contributed by atoms with E-state index in [4.69, 9.17) is 0 Å². The number of benzene rings is 1. The maximum Gasteiger partial charge on any atom is 0.136 e. The summed E-state index contributed by atoms with van der Waals surface area (Å²) in [7, 11) is 0. The van der Waals surface area contributed by atoms with Gasteiger partial charge in [-0.15, -0.1) is 0 Å². The summed E-state index contributed by atoms with van der Waals surface area (Å²) in [6, 6.07) is 12.5. The fraction of sp³-hybridized carbons (Fsp3) is 0.412. The maximum absolute atomic E-state index is 4.65. The summed E-state index contributed by atoms with van der Waals surface area (Å²) in [4.78, 5) is 9.24. The standard InChI is InChI=1S/C17H22N4/c1-2-18-15-12-16(21-17(20-15)14-8-9-14)19-11-10-13-6-4-3-5-7-13/h3-7,12,14H,2,8-11H2,1H3,(H2,18,19,20,21). The first kappa shape index (κ1) is 13.9. The lowest BCUT2D eigenvalue weighted by atomic mass is 10.1. The van der Waals surface area contributed by atoms with Gasteiger partial charge >= 0.3 is 0 Å². The smallest absolute Gasteiger partial charge is 0.136 e. The second-order valence-electron chi connectivity index (χ2n) is 5.46. The summed E-state index contributed by atoms with van der Waals surface area (Å²) >= 11 is 0. The van der Waals surface area contributed by atoms with Gasteiger partial charge < -0.3 is 10.6 Å². The van der Waals surface area contributed by atoms with Crippen molar-refractivity contribution in [3.8, 4) is 0 Å². The van der Waals surface area contributed by atoms with Gasteiger partial charge in [0.05, 0.1) is 0 Å². The van der Waals surface area contributed by atoms with E-state index < -0.39 is 0 Å². The van der Waals surface area contributed by atoms with Crippen LogP contribution in [0.1, 0.15) is 37.1 Å². The average molecular weight is 282 g/mol. The molecule has 0 amide bonds. The Kier molecular flexibility index (Phi) is 4.34. The Balaban J connectivity index is 1.63. The van der Waals surface area contributed by atoms with Crippen LogP contribution >= 0.6 is 0 Å². The van der Waals surface area contributed by atoms with E-state index >= 15 is 0 Å². The summed E-state index contributed by atoms with van der Waals surface area (Å²) in [6.07, 6.45) is 3.44. The molecule has 1 aromatic heterocycles. The van der Waals surface area contributed by atoms with E-state index in [0.717, 1.165) is 37.0 Å². The van der Waals surface area contributed by atoms with Crippen molar-refractivity contribution in [2.24, 2.45) is 0 Å². The fourth-order valence-corrected chi connectivity index (χ4v) is 2.33.